The number of nitrogens with one attached hydrogen (secondary N) is 1. The van der Waals surface area contributed by atoms with E-state index in [9.17, 15) is 13.2 Å². The Morgan fingerprint density at radius 2 is 1.76 bits per heavy atom. The fraction of sp³-hybridized carbons (Fsp3) is 0.364. The first-order valence-corrected chi connectivity index (χ1v) is 10.6. The van der Waals surface area contributed by atoms with Crippen LogP contribution < -0.4 is 4.90 Å². The number of halogens is 3. The fourth-order valence-electron chi connectivity index (χ4n) is 3.40. The van der Waals surface area contributed by atoms with Crippen molar-refractivity contribution in [3.05, 3.63) is 48.5 Å². The quantitative estimate of drug-likeness (QED) is 0.447. The maximum Gasteiger partial charge on any atom is 0.413 e. The lowest BCUT2D eigenvalue weighted by Crippen LogP contribution is -2.18. The summed E-state index contributed by atoms with van der Waals surface area (Å²) in [6.07, 6.45) is -2.03. The Morgan fingerprint density at radius 3 is 2.45 bits per heavy atom. The van der Waals surface area contributed by atoms with Gasteiger partial charge >= 0.3 is 6.18 Å². The molecule has 0 radical (unpaired) electrons. The number of benzene rings is 2. The number of para-hydroxylation sites is 1. The van der Waals surface area contributed by atoms with Gasteiger partial charge in [0.25, 0.3) is 0 Å². The molecule has 1 saturated heterocycles. The summed E-state index contributed by atoms with van der Waals surface area (Å²) in [6.45, 7) is 4.71. The summed E-state index contributed by atoms with van der Waals surface area (Å²) in [5.41, 5.74) is 4.07. The van der Waals surface area contributed by atoms with Crippen molar-refractivity contribution in [1.29, 1.82) is 0 Å². The summed E-state index contributed by atoms with van der Waals surface area (Å²) in [4.78, 5) is 6.40. The zero-order valence-electron chi connectivity index (χ0n) is 16.6. The molecule has 1 aliphatic heterocycles. The van der Waals surface area contributed by atoms with Crippen LogP contribution in [-0.2, 0) is 4.18 Å². The summed E-state index contributed by atoms with van der Waals surface area (Å²) in [5.74, 6) is 0. The van der Waals surface area contributed by atoms with Crippen molar-refractivity contribution < 1.29 is 17.4 Å². The van der Waals surface area contributed by atoms with E-state index >= 15 is 0 Å². The van der Waals surface area contributed by atoms with Gasteiger partial charge in [-0.25, -0.2) is 0 Å². The van der Waals surface area contributed by atoms with E-state index in [1.165, 1.54) is 0 Å². The van der Waals surface area contributed by atoms with Crippen LogP contribution >= 0.6 is 12.0 Å². The minimum absolute atomic E-state index is 0.649. The molecule has 1 aliphatic rings. The topological polar surface area (TPSA) is 28.3 Å². The number of hydrogen-bond acceptors (Lipinski definition) is 3. The summed E-state index contributed by atoms with van der Waals surface area (Å²) in [5, 5.41) is 1.10. The molecule has 4 rings (SSSR count). The molecular weight excluding hydrogens is 397 g/mol. The number of H-pyrrole nitrogens is 1. The van der Waals surface area contributed by atoms with E-state index in [4.69, 9.17) is 4.18 Å². The van der Waals surface area contributed by atoms with Crippen molar-refractivity contribution in [2.75, 3.05) is 24.6 Å². The minimum Gasteiger partial charge on any atom is -0.371 e. The standard InChI is InChI=1S/C20H19F3N2OS.C2H6/c21-20(22,23)13-26-27-15-7-8-19(25-9-3-4-10-25)16(12-15)18-11-14-5-1-2-6-17(14)24-18;1-2/h1-2,5-8,11-12,24H,3-4,9-10,13H2;1-2H3. The lowest BCUT2D eigenvalue weighted by atomic mass is 10.1. The van der Waals surface area contributed by atoms with Crippen LogP contribution in [-0.4, -0.2) is 30.9 Å². The fourth-order valence-corrected chi connectivity index (χ4v) is 4.02. The Morgan fingerprint density at radius 1 is 1.03 bits per heavy atom. The molecule has 2 aromatic carbocycles. The third-order valence-corrected chi connectivity index (χ3v) is 5.29. The van der Waals surface area contributed by atoms with Gasteiger partial charge in [0.15, 0.2) is 6.61 Å². The third-order valence-electron chi connectivity index (χ3n) is 4.61. The maximum absolute atomic E-state index is 12.3. The summed E-state index contributed by atoms with van der Waals surface area (Å²) in [6, 6.07) is 15.8. The number of nitrogens with zero attached hydrogens (tertiary/aromatic N) is 1. The molecular formula is C22H25F3N2OS. The van der Waals surface area contributed by atoms with Crippen molar-refractivity contribution in [1.82, 2.24) is 4.98 Å². The maximum atomic E-state index is 12.3. The van der Waals surface area contributed by atoms with Gasteiger partial charge < -0.3 is 14.1 Å². The number of anilines is 1. The molecule has 0 saturated carbocycles. The van der Waals surface area contributed by atoms with Crippen LogP contribution in [0.5, 0.6) is 0 Å². The molecule has 1 N–H and O–H groups in total. The second kappa shape index (κ2) is 9.59. The molecule has 156 valence electrons. The average molecular weight is 423 g/mol. The largest absolute Gasteiger partial charge is 0.413 e. The van der Waals surface area contributed by atoms with Gasteiger partial charge in [-0.1, -0.05) is 32.0 Å². The van der Waals surface area contributed by atoms with Gasteiger partial charge in [-0.05, 0) is 43.2 Å². The predicted molar refractivity (Wildman–Crippen MR) is 114 cm³/mol. The van der Waals surface area contributed by atoms with Crippen LogP contribution in [0.4, 0.5) is 18.9 Å². The van der Waals surface area contributed by atoms with E-state index in [0.717, 1.165) is 65.8 Å². The molecule has 0 aliphatic carbocycles. The van der Waals surface area contributed by atoms with E-state index in [1.54, 1.807) is 0 Å². The van der Waals surface area contributed by atoms with Gasteiger partial charge in [-0.15, -0.1) is 0 Å². The van der Waals surface area contributed by atoms with Crippen LogP contribution in [0.2, 0.25) is 0 Å². The van der Waals surface area contributed by atoms with Crippen LogP contribution in [0.15, 0.2) is 53.4 Å². The SMILES string of the molecule is CC.FC(F)(F)COSc1ccc(N2CCCC2)c(-c2cc3ccccc3[nH]2)c1. The number of hydrogen-bond donors (Lipinski definition) is 1. The number of rotatable bonds is 5. The van der Waals surface area contributed by atoms with Crippen LogP contribution in [0.25, 0.3) is 22.2 Å². The molecule has 0 unspecified atom stereocenters. The van der Waals surface area contributed by atoms with E-state index in [-0.39, 0.29) is 0 Å². The van der Waals surface area contributed by atoms with Crippen molar-refractivity contribution in [2.45, 2.75) is 37.8 Å². The summed E-state index contributed by atoms with van der Waals surface area (Å²) in [7, 11) is 0. The highest BCUT2D eigenvalue weighted by molar-refractivity contribution is 7.94. The van der Waals surface area contributed by atoms with Gasteiger partial charge in [-0.2, -0.15) is 13.2 Å². The highest BCUT2D eigenvalue weighted by atomic mass is 32.2. The highest BCUT2D eigenvalue weighted by Gasteiger charge is 2.28. The zero-order chi connectivity index (χ0) is 20.9. The molecule has 29 heavy (non-hydrogen) atoms. The van der Waals surface area contributed by atoms with Crippen LogP contribution in [0.1, 0.15) is 26.7 Å². The van der Waals surface area contributed by atoms with Gasteiger partial charge in [0.2, 0.25) is 0 Å². The van der Waals surface area contributed by atoms with Gasteiger partial charge in [0.1, 0.15) is 0 Å². The summed E-state index contributed by atoms with van der Waals surface area (Å²) >= 11 is 0.762. The van der Waals surface area contributed by atoms with E-state index in [1.807, 2.05) is 56.3 Å². The molecule has 0 atom stereocenters. The molecule has 1 fully saturated rings. The molecule has 3 nitrogen and oxygen atoms in total. The lowest BCUT2D eigenvalue weighted by Gasteiger charge is -2.21. The van der Waals surface area contributed by atoms with Crippen LogP contribution in [0, 0.1) is 0 Å². The predicted octanol–water partition coefficient (Wildman–Crippen LogP) is 7.05. The zero-order valence-corrected chi connectivity index (χ0v) is 17.4. The molecule has 1 aromatic heterocycles. The Kier molecular flexibility index (Phi) is 7.14. The molecule has 0 spiro atoms. The lowest BCUT2D eigenvalue weighted by molar-refractivity contribution is -0.150. The Bertz CT molecular complexity index is 900. The monoisotopic (exact) mass is 422 g/mol. The van der Waals surface area contributed by atoms with Crippen molar-refractivity contribution in [2.24, 2.45) is 0 Å². The molecule has 0 bridgehead atoms. The summed E-state index contributed by atoms with van der Waals surface area (Å²) < 4.78 is 41.8. The van der Waals surface area contributed by atoms with Crippen molar-refractivity contribution >= 4 is 28.6 Å². The van der Waals surface area contributed by atoms with Gasteiger partial charge in [-0.3, -0.25) is 0 Å². The number of aromatic amines is 1. The number of alkyl halides is 3. The second-order valence-corrected chi connectivity index (χ2v) is 7.48. The van der Waals surface area contributed by atoms with Crippen molar-refractivity contribution in [3.63, 3.8) is 0 Å². The molecule has 3 aromatic rings. The van der Waals surface area contributed by atoms with E-state index in [0.29, 0.717) is 4.90 Å². The molecule has 2 heterocycles. The Hall–Kier alpha value is -2.12. The molecule has 0 amide bonds. The smallest absolute Gasteiger partial charge is 0.371 e. The third kappa shape index (κ3) is 5.48. The first kappa shape index (κ1) is 21.6. The normalized spacial score (nSPS) is 14.2. The highest BCUT2D eigenvalue weighted by Crippen LogP contribution is 2.37. The van der Waals surface area contributed by atoms with Gasteiger partial charge in [0.05, 0.1) is 0 Å². The Balaban J connectivity index is 0.00000117. The Labute approximate surface area is 173 Å². The molecule has 7 heteroatoms. The van der Waals surface area contributed by atoms with Crippen LogP contribution in [0.3, 0.4) is 0 Å². The first-order valence-electron chi connectivity index (χ1n) is 9.83. The van der Waals surface area contributed by atoms with E-state index in [2.05, 4.69) is 16.0 Å². The minimum atomic E-state index is -4.33. The van der Waals surface area contributed by atoms with Gasteiger partial charge in [0, 0.05) is 57.9 Å². The number of fused-ring (bicyclic) bond motifs is 1. The average Bonchev–Trinajstić information content (AvgIpc) is 3.38. The van der Waals surface area contributed by atoms with E-state index < -0.39 is 12.8 Å². The van der Waals surface area contributed by atoms with Crippen molar-refractivity contribution in [3.8, 4) is 11.3 Å². The second-order valence-electron chi connectivity index (χ2n) is 6.60. The number of aromatic nitrogens is 1. The first-order chi connectivity index (χ1) is 14.0.